The van der Waals surface area contributed by atoms with E-state index in [0.717, 1.165) is 29.3 Å². The molecule has 3 rings (SSSR count). The lowest BCUT2D eigenvalue weighted by Crippen LogP contribution is -2.05. The molecule has 2 aromatic heterocycles. The van der Waals surface area contributed by atoms with Gasteiger partial charge in [0.05, 0.1) is 21.9 Å². The van der Waals surface area contributed by atoms with Crippen LogP contribution in [0.15, 0.2) is 23.7 Å². The molecule has 0 spiro atoms. The van der Waals surface area contributed by atoms with Crippen molar-refractivity contribution in [3.8, 4) is 0 Å². The van der Waals surface area contributed by atoms with Crippen molar-refractivity contribution < 1.29 is 4.39 Å². The Morgan fingerprint density at radius 3 is 2.95 bits per heavy atom. The number of hydrogen-bond acceptors (Lipinski definition) is 3. The molecule has 1 aromatic carbocycles. The Hall–Kier alpha value is -1.46. The van der Waals surface area contributed by atoms with E-state index < -0.39 is 0 Å². The first kappa shape index (κ1) is 13.5. The highest BCUT2D eigenvalue weighted by atomic mass is 35.5. The van der Waals surface area contributed by atoms with Gasteiger partial charge in [-0.05, 0) is 18.6 Å². The Balaban J connectivity index is 2.01. The molecule has 3 aromatic rings. The van der Waals surface area contributed by atoms with Gasteiger partial charge < -0.3 is 4.57 Å². The van der Waals surface area contributed by atoms with Crippen LogP contribution in [0.3, 0.4) is 0 Å². The number of rotatable bonds is 4. The summed E-state index contributed by atoms with van der Waals surface area (Å²) in [5.74, 6) is 0.846. The van der Waals surface area contributed by atoms with Gasteiger partial charge in [-0.2, -0.15) is 0 Å². The molecular weight excluding hydrogens is 297 g/mol. The second-order valence-corrected chi connectivity index (χ2v) is 5.83. The number of fused-ring (bicyclic) bond motifs is 1. The summed E-state index contributed by atoms with van der Waals surface area (Å²) in [7, 11) is 0. The van der Waals surface area contributed by atoms with Gasteiger partial charge in [0.2, 0.25) is 0 Å². The number of imidazole rings is 1. The maximum atomic E-state index is 13.6. The van der Waals surface area contributed by atoms with Gasteiger partial charge >= 0.3 is 0 Å². The monoisotopic (exact) mass is 309 g/mol. The first-order chi connectivity index (χ1) is 9.69. The third-order valence-electron chi connectivity index (χ3n) is 3.26. The quantitative estimate of drug-likeness (QED) is 0.684. The van der Waals surface area contributed by atoms with E-state index in [1.807, 2.05) is 11.4 Å². The van der Waals surface area contributed by atoms with E-state index in [2.05, 4.69) is 14.5 Å². The van der Waals surface area contributed by atoms with Gasteiger partial charge in [0.1, 0.15) is 11.6 Å². The van der Waals surface area contributed by atoms with Gasteiger partial charge in [0.15, 0.2) is 0 Å². The molecule has 0 aliphatic carbocycles. The normalized spacial score (nSPS) is 11.3. The number of halogens is 2. The van der Waals surface area contributed by atoms with Crippen LogP contribution in [0.25, 0.3) is 11.0 Å². The Kier molecular flexibility index (Phi) is 3.72. The molecule has 104 valence electrons. The Morgan fingerprint density at radius 1 is 1.40 bits per heavy atom. The van der Waals surface area contributed by atoms with Crippen LogP contribution >= 0.6 is 22.9 Å². The zero-order valence-corrected chi connectivity index (χ0v) is 12.5. The summed E-state index contributed by atoms with van der Waals surface area (Å²) in [6.45, 7) is 2.50. The highest BCUT2D eigenvalue weighted by Gasteiger charge is 2.12. The molecule has 3 nitrogen and oxygen atoms in total. The Labute approximate surface area is 125 Å². The third kappa shape index (κ3) is 2.43. The van der Waals surface area contributed by atoms with Crippen LogP contribution in [0.4, 0.5) is 4.39 Å². The molecule has 0 atom stereocenters. The van der Waals surface area contributed by atoms with Crippen molar-refractivity contribution in [1.82, 2.24) is 14.5 Å². The zero-order chi connectivity index (χ0) is 14.1. The third-order valence-corrected chi connectivity index (χ3v) is 4.34. The average molecular weight is 310 g/mol. The maximum absolute atomic E-state index is 13.6. The maximum Gasteiger partial charge on any atom is 0.128 e. The van der Waals surface area contributed by atoms with Crippen molar-refractivity contribution >= 4 is 34.0 Å². The number of benzene rings is 1. The molecule has 0 bridgehead atoms. The molecule has 2 heterocycles. The summed E-state index contributed by atoms with van der Waals surface area (Å²) in [6, 6.07) is 3.30. The molecule has 0 fully saturated rings. The van der Waals surface area contributed by atoms with Crippen LogP contribution in [0.2, 0.25) is 0 Å². The van der Waals surface area contributed by atoms with Gasteiger partial charge in [-0.3, -0.25) is 0 Å². The van der Waals surface area contributed by atoms with Crippen molar-refractivity contribution in [3.63, 3.8) is 0 Å². The largest absolute Gasteiger partial charge is 0.327 e. The fraction of sp³-hybridized carbons (Fsp3) is 0.286. The van der Waals surface area contributed by atoms with Crippen molar-refractivity contribution in [1.29, 1.82) is 0 Å². The molecule has 0 saturated carbocycles. The topological polar surface area (TPSA) is 30.7 Å². The Bertz CT molecular complexity index is 737. The lowest BCUT2D eigenvalue weighted by atomic mass is 10.2. The second-order valence-electron chi connectivity index (χ2n) is 4.58. The highest BCUT2D eigenvalue weighted by molar-refractivity contribution is 7.09. The number of aromatic nitrogens is 3. The van der Waals surface area contributed by atoms with Crippen LogP contribution in [-0.2, 0) is 18.8 Å². The van der Waals surface area contributed by atoms with E-state index in [-0.39, 0.29) is 5.82 Å². The molecule has 0 aliphatic rings. The van der Waals surface area contributed by atoms with Crippen molar-refractivity contribution in [3.05, 3.63) is 45.9 Å². The first-order valence-electron chi connectivity index (χ1n) is 6.28. The van der Waals surface area contributed by atoms with E-state index in [0.29, 0.717) is 17.0 Å². The number of alkyl halides is 1. The zero-order valence-electron chi connectivity index (χ0n) is 10.9. The fourth-order valence-corrected chi connectivity index (χ4v) is 3.05. The number of nitrogens with zero attached hydrogens (tertiary/aromatic N) is 3. The Morgan fingerprint density at radius 2 is 2.25 bits per heavy atom. The summed E-state index contributed by atoms with van der Waals surface area (Å²) < 4.78 is 15.7. The number of thiazole rings is 1. The van der Waals surface area contributed by atoms with Gasteiger partial charge in [-0.25, -0.2) is 14.4 Å². The van der Waals surface area contributed by atoms with Crippen LogP contribution in [0.1, 0.15) is 16.4 Å². The molecule has 0 unspecified atom stereocenters. The summed E-state index contributed by atoms with van der Waals surface area (Å²) in [5.41, 5.74) is 2.20. The molecule has 0 radical (unpaired) electrons. The summed E-state index contributed by atoms with van der Waals surface area (Å²) in [4.78, 5) is 8.68. The molecule has 0 N–H and O–H groups in total. The van der Waals surface area contributed by atoms with E-state index in [1.54, 1.807) is 24.5 Å². The number of aryl methyl sites for hydroxylation is 3. The lowest BCUT2D eigenvalue weighted by Gasteiger charge is -2.07. The van der Waals surface area contributed by atoms with Crippen molar-refractivity contribution in [2.75, 3.05) is 0 Å². The standard InChI is InChI=1S/C14H13ClFN3S/c1-9-6-12-11(7-10(9)16)18-13(8-15)19(12)4-2-14-17-3-5-20-14/h3,5-7H,2,4,8H2,1H3. The second kappa shape index (κ2) is 5.50. The fourth-order valence-electron chi connectivity index (χ4n) is 2.24. The summed E-state index contributed by atoms with van der Waals surface area (Å²) >= 11 is 7.59. The predicted octanol–water partition coefficient (Wildman–Crippen LogP) is 3.92. The van der Waals surface area contributed by atoms with Crippen molar-refractivity contribution in [2.45, 2.75) is 25.8 Å². The van der Waals surface area contributed by atoms with Crippen LogP contribution in [0.5, 0.6) is 0 Å². The van der Waals surface area contributed by atoms with E-state index >= 15 is 0 Å². The van der Waals surface area contributed by atoms with Crippen LogP contribution in [0, 0.1) is 12.7 Å². The van der Waals surface area contributed by atoms with Gasteiger partial charge in [-0.1, -0.05) is 0 Å². The van der Waals surface area contributed by atoms with Gasteiger partial charge in [0.25, 0.3) is 0 Å². The molecule has 0 aliphatic heterocycles. The number of hydrogen-bond donors (Lipinski definition) is 0. The van der Waals surface area contributed by atoms with E-state index in [9.17, 15) is 4.39 Å². The minimum absolute atomic E-state index is 0.233. The smallest absolute Gasteiger partial charge is 0.128 e. The van der Waals surface area contributed by atoms with E-state index in [1.165, 1.54) is 6.07 Å². The SMILES string of the molecule is Cc1cc2c(cc1F)nc(CCl)n2CCc1nccs1. The molecular formula is C14H13ClFN3S. The van der Waals surface area contributed by atoms with Crippen molar-refractivity contribution in [2.24, 2.45) is 0 Å². The average Bonchev–Trinajstić information content (AvgIpc) is 3.05. The highest BCUT2D eigenvalue weighted by Crippen LogP contribution is 2.22. The molecule has 0 amide bonds. The first-order valence-corrected chi connectivity index (χ1v) is 7.70. The van der Waals surface area contributed by atoms with Crippen LogP contribution in [-0.4, -0.2) is 14.5 Å². The van der Waals surface area contributed by atoms with Gasteiger partial charge in [-0.15, -0.1) is 22.9 Å². The minimum atomic E-state index is -0.233. The van der Waals surface area contributed by atoms with E-state index in [4.69, 9.17) is 11.6 Å². The van der Waals surface area contributed by atoms with Gasteiger partial charge in [0, 0.05) is 30.6 Å². The molecule has 6 heteroatoms. The van der Waals surface area contributed by atoms with Crippen LogP contribution < -0.4 is 0 Å². The predicted molar refractivity (Wildman–Crippen MR) is 79.8 cm³/mol. The summed E-state index contributed by atoms with van der Waals surface area (Å²) in [5, 5.41) is 3.04. The summed E-state index contributed by atoms with van der Waals surface area (Å²) in [6.07, 6.45) is 2.62. The molecule has 20 heavy (non-hydrogen) atoms. The lowest BCUT2D eigenvalue weighted by molar-refractivity contribution is 0.620. The minimum Gasteiger partial charge on any atom is -0.327 e. The molecule has 0 saturated heterocycles.